The van der Waals surface area contributed by atoms with Crippen LogP contribution in [0.2, 0.25) is 0 Å². The number of hydrogen-bond donors (Lipinski definition) is 1. The average Bonchev–Trinajstić information content (AvgIpc) is 3.10. The van der Waals surface area contributed by atoms with Gasteiger partial charge in [-0.1, -0.05) is 19.1 Å². The van der Waals surface area contributed by atoms with Crippen molar-refractivity contribution in [2.45, 2.75) is 45.6 Å². The summed E-state index contributed by atoms with van der Waals surface area (Å²) in [5.41, 5.74) is 8.52. The minimum Gasteiger partial charge on any atom is -0.493 e. The summed E-state index contributed by atoms with van der Waals surface area (Å²) in [6.07, 6.45) is 4.62. The van der Waals surface area contributed by atoms with Crippen molar-refractivity contribution in [3.63, 3.8) is 0 Å². The SMILES string of the molecule is CCc1ccc(OCC2CC2)c(CC(C)N)c1. The van der Waals surface area contributed by atoms with Crippen LogP contribution in [0.4, 0.5) is 0 Å². The molecule has 0 spiro atoms. The maximum absolute atomic E-state index is 5.91. The van der Waals surface area contributed by atoms with E-state index in [4.69, 9.17) is 10.5 Å². The van der Waals surface area contributed by atoms with Gasteiger partial charge in [-0.2, -0.15) is 0 Å². The van der Waals surface area contributed by atoms with Gasteiger partial charge in [0, 0.05) is 6.04 Å². The molecule has 2 rings (SSSR count). The third kappa shape index (κ3) is 3.74. The number of ether oxygens (including phenoxy) is 1. The summed E-state index contributed by atoms with van der Waals surface area (Å²) in [7, 11) is 0. The highest BCUT2D eigenvalue weighted by Crippen LogP contribution is 2.31. The molecule has 0 bridgehead atoms. The van der Waals surface area contributed by atoms with Crippen molar-refractivity contribution >= 4 is 0 Å². The maximum atomic E-state index is 5.91. The van der Waals surface area contributed by atoms with Crippen molar-refractivity contribution in [2.75, 3.05) is 6.61 Å². The molecule has 2 N–H and O–H groups in total. The van der Waals surface area contributed by atoms with Gasteiger partial charge in [-0.3, -0.25) is 0 Å². The minimum absolute atomic E-state index is 0.186. The Kier molecular flexibility index (Phi) is 4.06. The lowest BCUT2D eigenvalue weighted by Gasteiger charge is -2.14. The summed E-state index contributed by atoms with van der Waals surface area (Å²) < 4.78 is 5.91. The Balaban J connectivity index is 2.09. The molecule has 1 atom stereocenters. The van der Waals surface area contributed by atoms with Crippen LogP contribution in [-0.4, -0.2) is 12.6 Å². The zero-order valence-corrected chi connectivity index (χ0v) is 10.9. The first kappa shape index (κ1) is 12.4. The summed E-state index contributed by atoms with van der Waals surface area (Å²) in [5.74, 6) is 1.83. The van der Waals surface area contributed by atoms with E-state index in [0.717, 1.165) is 31.1 Å². The monoisotopic (exact) mass is 233 g/mol. The van der Waals surface area contributed by atoms with Crippen molar-refractivity contribution in [3.05, 3.63) is 29.3 Å². The van der Waals surface area contributed by atoms with Crippen LogP contribution in [0.5, 0.6) is 5.75 Å². The largest absolute Gasteiger partial charge is 0.493 e. The smallest absolute Gasteiger partial charge is 0.122 e. The standard InChI is InChI=1S/C15H23NO/c1-3-12-6-7-15(17-10-13-4-5-13)14(9-12)8-11(2)16/h6-7,9,11,13H,3-5,8,10,16H2,1-2H3. The fraction of sp³-hybridized carbons (Fsp3) is 0.600. The van der Waals surface area contributed by atoms with Crippen molar-refractivity contribution in [2.24, 2.45) is 11.7 Å². The van der Waals surface area contributed by atoms with E-state index in [2.05, 4.69) is 25.1 Å². The molecule has 1 aliphatic rings. The Morgan fingerprint density at radius 1 is 1.41 bits per heavy atom. The topological polar surface area (TPSA) is 35.2 Å². The molecular weight excluding hydrogens is 210 g/mol. The summed E-state index contributed by atoms with van der Waals surface area (Å²) >= 11 is 0. The second-order valence-electron chi connectivity index (χ2n) is 5.23. The fourth-order valence-corrected chi connectivity index (χ4v) is 1.99. The van der Waals surface area contributed by atoms with Gasteiger partial charge in [-0.05, 0) is 55.7 Å². The molecule has 0 heterocycles. The molecule has 1 aromatic carbocycles. The minimum atomic E-state index is 0.186. The second-order valence-corrected chi connectivity index (χ2v) is 5.23. The number of benzene rings is 1. The molecule has 0 amide bonds. The first-order valence-corrected chi connectivity index (χ1v) is 6.69. The zero-order chi connectivity index (χ0) is 12.3. The average molecular weight is 233 g/mol. The molecule has 94 valence electrons. The van der Waals surface area contributed by atoms with E-state index in [1.54, 1.807) is 0 Å². The molecule has 2 nitrogen and oxygen atoms in total. The van der Waals surface area contributed by atoms with Gasteiger partial charge >= 0.3 is 0 Å². The molecule has 2 heteroatoms. The maximum Gasteiger partial charge on any atom is 0.122 e. The van der Waals surface area contributed by atoms with E-state index < -0.39 is 0 Å². The van der Waals surface area contributed by atoms with Crippen LogP contribution in [0.3, 0.4) is 0 Å². The van der Waals surface area contributed by atoms with Gasteiger partial charge in [0.15, 0.2) is 0 Å². The van der Waals surface area contributed by atoms with Crippen LogP contribution >= 0.6 is 0 Å². The molecule has 1 unspecified atom stereocenters. The van der Waals surface area contributed by atoms with E-state index >= 15 is 0 Å². The van der Waals surface area contributed by atoms with E-state index in [-0.39, 0.29) is 6.04 Å². The van der Waals surface area contributed by atoms with Crippen LogP contribution in [-0.2, 0) is 12.8 Å². The third-order valence-corrected chi connectivity index (χ3v) is 3.25. The highest BCUT2D eigenvalue weighted by molar-refractivity contribution is 5.38. The lowest BCUT2D eigenvalue weighted by molar-refractivity contribution is 0.296. The molecule has 1 fully saturated rings. The Hall–Kier alpha value is -1.02. The first-order valence-electron chi connectivity index (χ1n) is 6.69. The highest BCUT2D eigenvalue weighted by Gasteiger charge is 2.22. The molecule has 1 aliphatic carbocycles. The van der Waals surface area contributed by atoms with E-state index in [9.17, 15) is 0 Å². The summed E-state index contributed by atoms with van der Waals surface area (Å²) in [6, 6.07) is 6.70. The Morgan fingerprint density at radius 3 is 2.76 bits per heavy atom. The quantitative estimate of drug-likeness (QED) is 0.820. The Labute approximate surface area is 104 Å². The number of nitrogens with two attached hydrogens (primary N) is 1. The van der Waals surface area contributed by atoms with Crippen molar-refractivity contribution in [1.29, 1.82) is 0 Å². The normalized spacial score (nSPS) is 16.9. The van der Waals surface area contributed by atoms with E-state index in [0.29, 0.717) is 0 Å². The number of rotatable bonds is 6. The molecule has 1 aromatic rings. The van der Waals surface area contributed by atoms with E-state index in [1.807, 2.05) is 6.92 Å². The van der Waals surface area contributed by atoms with Gasteiger partial charge in [0.25, 0.3) is 0 Å². The van der Waals surface area contributed by atoms with Crippen LogP contribution in [0, 0.1) is 5.92 Å². The van der Waals surface area contributed by atoms with Gasteiger partial charge in [-0.15, -0.1) is 0 Å². The van der Waals surface area contributed by atoms with Gasteiger partial charge in [-0.25, -0.2) is 0 Å². The van der Waals surface area contributed by atoms with Crippen LogP contribution in [0.15, 0.2) is 18.2 Å². The van der Waals surface area contributed by atoms with Crippen LogP contribution in [0.25, 0.3) is 0 Å². The zero-order valence-electron chi connectivity index (χ0n) is 10.9. The van der Waals surface area contributed by atoms with Crippen molar-refractivity contribution < 1.29 is 4.74 Å². The van der Waals surface area contributed by atoms with Crippen LogP contribution < -0.4 is 10.5 Å². The molecule has 0 aromatic heterocycles. The fourth-order valence-electron chi connectivity index (χ4n) is 1.99. The lowest BCUT2D eigenvalue weighted by Crippen LogP contribution is -2.18. The van der Waals surface area contributed by atoms with Crippen LogP contribution in [0.1, 0.15) is 37.8 Å². The van der Waals surface area contributed by atoms with Gasteiger partial charge in [0.1, 0.15) is 5.75 Å². The number of hydrogen-bond acceptors (Lipinski definition) is 2. The molecule has 0 aliphatic heterocycles. The Bertz CT molecular complexity index is 369. The second kappa shape index (κ2) is 5.54. The van der Waals surface area contributed by atoms with Gasteiger partial charge < -0.3 is 10.5 Å². The summed E-state index contributed by atoms with van der Waals surface area (Å²) in [6.45, 7) is 5.09. The summed E-state index contributed by atoms with van der Waals surface area (Å²) in [5, 5.41) is 0. The first-order chi connectivity index (χ1) is 8.19. The third-order valence-electron chi connectivity index (χ3n) is 3.25. The van der Waals surface area contributed by atoms with Gasteiger partial charge in [0.05, 0.1) is 6.61 Å². The summed E-state index contributed by atoms with van der Waals surface area (Å²) in [4.78, 5) is 0. The molecule has 0 saturated heterocycles. The predicted octanol–water partition coefficient (Wildman–Crippen LogP) is 2.93. The lowest BCUT2D eigenvalue weighted by atomic mass is 10.0. The number of aryl methyl sites for hydroxylation is 1. The highest BCUT2D eigenvalue weighted by atomic mass is 16.5. The van der Waals surface area contributed by atoms with Crippen molar-refractivity contribution in [3.8, 4) is 5.75 Å². The molecule has 0 radical (unpaired) electrons. The van der Waals surface area contributed by atoms with Crippen molar-refractivity contribution in [1.82, 2.24) is 0 Å². The van der Waals surface area contributed by atoms with E-state index in [1.165, 1.54) is 24.0 Å². The Morgan fingerprint density at radius 2 is 2.18 bits per heavy atom. The molecular formula is C15H23NO. The van der Waals surface area contributed by atoms with Gasteiger partial charge in [0.2, 0.25) is 0 Å². The molecule has 1 saturated carbocycles. The predicted molar refractivity (Wildman–Crippen MR) is 71.4 cm³/mol. The molecule has 17 heavy (non-hydrogen) atoms.